The highest BCUT2D eigenvalue weighted by Crippen LogP contribution is 2.20. The van der Waals surface area contributed by atoms with E-state index in [9.17, 15) is 4.79 Å². The number of hydrogen-bond donors (Lipinski definition) is 1. The molecule has 0 spiro atoms. The minimum atomic E-state index is -0.239. The Kier molecular flexibility index (Phi) is 4.64. The van der Waals surface area contributed by atoms with Crippen molar-refractivity contribution in [2.75, 3.05) is 11.9 Å². The Hall–Kier alpha value is -2.00. The monoisotopic (exact) mass is 289 g/mol. The van der Waals surface area contributed by atoms with Crippen molar-refractivity contribution < 1.29 is 9.53 Å². The normalized spacial score (nSPS) is 10.2. The lowest BCUT2D eigenvalue weighted by Crippen LogP contribution is -2.20. The molecule has 2 aromatic rings. The van der Waals surface area contributed by atoms with Gasteiger partial charge in [0.1, 0.15) is 5.75 Å². The highest BCUT2D eigenvalue weighted by molar-refractivity contribution is 6.33. The van der Waals surface area contributed by atoms with E-state index in [1.807, 2.05) is 38.1 Å². The molecule has 0 saturated carbocycles. The maximum atomic E-state index is 11.8. The molecule has 20 heavy (non-hydrogen) atoms. The minimum absolute atomic E-state index is 0.0475. The van der Waals surface area contributed by atoms with Gasteiger partial charge in [-0.15, -0.1) is 0 Å². The molecule has 0 atom stereocenters. The number of carbonyl (C=O) groups excluding carboxylic acids is 1. The van der Waals surface area contributed by atoms with Crippen LogP contribution in [0.2, 0.25) is 5.02 Å². The predicted molar refractivity (Wildman–Crippen MR) is 81.5 cm³/mol. The van der Waals surface area contributed by atoms with Crippen LogP contribution >= 0.6 is 11.6 Å². The van der Waals surface area contributed by atoms with Crippen molar-refractivity contribution in [2.24, 2.45) is 0 Å². The summed E-state index contributed by atoms with van der Waals surface area (Å²) in [6.07, 6.45) is 0. The average Bonchev–Trinajstić information content (AvgIpc) is 2.38. The minimum Gasteiger partial charge on any atom is -0.484 e. The van der Waals surface area contributed by atoms with E-state index < -0.39 is 0 Å². The molecule has 0 heterocycles. The SMILES string of the molecule is Cc1cc(C)cc(OCC(=O)Nc2ccccc2Cl)c1. The molecule has 2 aromatic carbocycles. The van der Waals surface area contributed by atoms with E-state index in [0.29, 0.717) is 16.5 Å². The molecular weight excluding hydrogens is 274 g/mol. The summed E-state index contributed by atoms with van der Waals surface area (Å²) in [6, 6.07) is 12.9. The molecule has 2 rings (SSSR count). The first-order chi connectivity index (χ1) is 9.54. The summed E-state index contributed by atoms with van der Waals surface area (Å²) >= 11 is 5.97. The zero-order valence-corrected chi connectivity index (χ0v) is 12.2. The number of nitrogens with one attached hydrogen (secondary N) is 1. The summed E-state index contributed by atoms with van der Waals surface area (Å²) in [5.41, 5.74) is 2.79. The molecule has 3 nitrogen and oxygen atoms in total. The second-order valence-corrected chi connectivity index (χ2v) is 5.05. The molecule has 1 N–H and O–H groups in total. The van der Waals surface area contributed by atoms with Crippen molar-refractivity contribution >= 4 is 23.2 Å². The third-order valence-electron chi connectivity index (χ3n) is 2.71. The largest absolute Gasteiger partial charge is 0.484 e. The third kappa shape index (κ3) is 4.00. The van der Waals surface area contributed by atoms with Gasteiger partial charge in [0.15, 0.2) is 6.61 Å². The molecule has 0 aliphatic heterocycles. The summed E-state index contributed by atoms with van der Waals surface area (Å²) in [7, 11) is 0. The van der Waals surface area contributed by atoms with Gasteiger partial charge in [0.25, 0.3) is 5.91 Å². The van der Waals surface area contributed by atoms with E-state index >= 15 is 0 Å². The van der Waals surface area contributed by atoms with Crippen molar-refractivity contribution in [1.29, 1.82) is 0 Å². The van der Waals surface area contributed by atoms with Crippen molar-refractivity contribution in [3.05, 3.63) is 58.6 Å². The molecule has 1 amide bonds. The van der Waals surface area contributed by atoms with Crippen LogP contribution in [0.4, 0.5) is 5.69 Å². The number of rotatable bonds is 4. The average molecular weight is 290 g/mol. The molecule has 0 aliphatic carbocycles. The Morgan fingerprint density at radius 1 is 1.15 bits per heavy atom. The van der Waals surface area contributed by atoms with E-state index in [-0.39, 0.29) is 12.5 Å². The Bertz CT molecular complexity index is 605. The van der Waals surface area contributed by atoms with Gasteiger partial charge in [0, 0.05) is 0 Å². The van der Waals surface area contributed by atoms with Crippen LogP contribution in [0, 0.1) is 13.8 Å². The lowest BCUT2D eigenvalue weighted by molar-refractivity contribution is -0.118. The van der Waals surface area contributed by atoms with Crippen LogP contribution in [0.5, 0.6) is 5.75 Å². The highest BCUT2D eigenvalue weighted by atomic mass is 35.5. The summed E-state index contributed by atoms with van der Waals surface area (Å²) < 4.78 is 5.49. The number of benzene rings is 2. The molecule has 0 aliphatic rings. The highest BCUT2D eigenvalue weighted by Gasteiger charge is 2.06. The van der Waals surface area contributed by atoms with Crippen LogP contribution in [0.15, 0.2) is 42.5 Å². The second-order valence-electron chi connectivity index (χ2n) is 4.64. The number of halogens is 1. The van der Waals surface area contributed by atoms with Crippen LogP contribution in [0.1, 0.15) is 11.1 Å². The van der Waals surface area contributed by atoms with Crippen LogP contribution in [-0.4, -0.2) is 12.5 Å². The summed E-state index contributed by atoms with van der Waals surface area (Å²) in [5, 5.41) is 3.22. The van der Waals surface area contributed by atoms with Crippen molar-refractivity contribution in [3.8, 4) is 5.75 Å². The molecule has 0 fully saturated rings. The molecule has 0 aromatic heterocycles. The Morgan fingerprint density at radius 3 is 2.45 bits per heavy atom. The van der Waals surface area contributed by atoms with Crippen LogP contribution < -0.4 is 10.1 Å². The smallest absolute Gasteiger partial charge is 0.262 e. The fraction of sp³-hybridized carbons (Fsp3) is 0.188. The van der Waals surface area contributed by atoms with Gasteiger partial charge in [0.05, 0.1) is 10.7 Å². The van der Waals surface area contributed by atoms with E-state index in [1.165, 1.54) is 0 Å². The zero-order chi connectivity index (χ0) is 14.5. The first kappa shape index (κ1) is 14.4. The Balaban J connectivity index is 1.94. The Labute approximate surface area is 123 Å². The first-order valence-electron chi connectivity index (χ1n) is 6.30. The second kappa shape index (κ2) is 6.44. The van der Waals surface area contributed by atoms with Gasteiger partial charge < -0.3 is 10.1 Å². The van der Waals surface area contributed by atoms with Crippen molar-refractivity contribution in [3.63, 3.8) is 0 Å². The molecule has 4 heteroatoms. The number of hydrogen-bond acceptors (Lipinski definition) is 2. The van der Waals surface area contributed by atoms with Gasteiger partial charge in [-0.25, -0.2) is 0 Å². The van der Waals surface area contributed by atoms with Gasteiger partial charge in [0.2, 0.25) is 0 Å². The molecule has 0 unspecified atom stereocenters. The number of para-hydroxylation sites is 1. The molecule has 0 saturated heterocycles. The number of anilines is 1. The number of ether oxygens (including phenoxy) is 1. The van der Waals surface area contributed by atoms with E-state index in [2.05, 4.69) is 11.4 Å². The fourth-order valence-corrected chi connectivity index (χ4v) is 2.10. The van der Waals surface area contributed by atoms with Crippen LogP contribution in [0.25, 0.3) is 0 Å². The summed E-state index contributed by atoms with van der Waals surface area (Å²) in [6.45, 7) is 3.93. The molecular formula is C16H16ClNO2. The zero-order valence-electron chi connectivity index (χ0n) is 11.4. The summed E-state index contributed by atoms with van der Waals surface area (Å²) in [5.74, 6) is 0.453. The lowest BCUT2D eigenvalue weighted by Gasteiger charge is -2.09. The van der Waals surface area contributed by atoms with Crippen LogP contribution in [0.3, 0.4) is 0 Å². The van der Waals surface area contributed by atoms with Gasteiger partial charge in [-0.1, -0.05) is 29.8 Å². The quantitative estimate of drug-likeness (QED) is 0.925. The number of carbonyl (C=O) groups is 1. The standard InChI is InChI=1S/C16H16ClNO2/c1-11-7-12(2)9-13(8-11)20-10-16(19)18-15-6-4-3-5-14(15)17/h3-9H,10H2,1-2H3,(H,18,19). The van der Waals surface area contributed by atoms with Crippen molar-refractivity contribution in [1.82, 2.24) is 0 Å². The van der Waals surface area contributed by atoms with E-state index in [4.69, 9.17) is 16.3 Å². The lowest BCUT2D eigenvalue weighted by atomic mass is 10.1. The summed E-state index contributed by atoms with van der Waals surface area (Å²) in [4.78, 5) is 11.8. The number of aryl methyl sites for hydroxylation is 2. The van der Waals surface area contributed by atoms with E-state index in [0.717, 1.165) is 11.1 Å². The van der Waals surface area contributed by atoms with E-state index in [1.54, 1.807) is 12.1 Å². The predicted octanol–water partition coefficient (Wildman–Crippen LogP) is 3.97. The third-order valence-corrected chi connectivity index (χ3v) is 3.04. The molecule has 104 valence electrons. The Morgan fingerprint density at radius 2 is 1.80 bits per heavy atom. The number of amides is 1. The van der Waals surface area contributed by atoms with Gasteiger partial charge >= 0.3 is 0 Å². The topological polar surface area (TPSA) is 38.3 Å². The van der Waals surface area contributed by atoms with Gasteiger partial charge in [-0.05, 0) is 49.2 Å². The van der Waals surface area contributed by atoms with Gasteiger partial charge in [-0.2, -0.15) is 0 Å². The first-order valence-corrected chi connectivity index (χ1v) is 6.68. The van der Waals surface area contributed by atoms with Gasteiger partial charge in [-0.3, -0.25) is 4.79 Å². The van der Waals surface area contributed by atoms with Crippen LogP contribution in [-0.2, 0) is 4.79 Å². The molecule has 0 radical (unpaired) electrons. The fourth-order valence-electron chi connectivity index (χ4n) is 1.91. The maximum Gasteiger partial charge on any atom is 0.262 e. The maximum absolute atomic E-state index is 11.8. The van der Waals surface area contributed by atoms with Crippen molar-refractivity contribution in [2.45, 2.75) is 13.8 Å². The molecule has 0 bridgehead atoms.